The average Bonchev–Trinajstić information content (AvgIpc) is 3.30. The number of amides is 1. The summed E-state index contributed by atoms with van der Waals surface area (Å²) in [4.78, 5) is 12.2. The van der Waals surface area contributed by atoms with Crippen molar-refractivity contribution in [2.24, 2.45) is 11.8 Å². The van der Waals surface area contributed by atoms with E-state index < -0.39 is 0 Å². The zero-order valence-electron chi connectivity index (χ0n) is 13.2. The topological polar surface area (TPSA) is 49.3 Å². The van der Waals surface area contributed by atoms with Gasteiger partial charge in [-0.05, 0) is 62.8 Å². The first-order valence-corrected chi connectivity index (χ1v) is 8.74. The van der Waals surface area contributed by atoms with Gasteiger partial charge >= 0.3 is 0 Å². The number of aliphatic hydroxyl groups excluding tert-OH is 1. The number of rotatable bonds is 6. The fraction of sp³-hybridized carbons (Fsp3) is 0.632. The number of benzene rings is 1. The summed E-state index contributed by atoms with van der Waals surface area (Å²) < 4.78 is 0. The molecule has 2 aliphatic carbocycles. The standard InChI is InChI=1S/C19H27NO2/c21-17-11-9-16(10-12-17)20-19(22)18-13-15(18)8-4-7-14-5-2-1-3-6-14/h1-3,5-6,15-18,21H,4,7-13H2,(H,20,22)/t15-,16?,17?,18-/m0/s1. The molecular weight excluding hydrogens is 274 g/mol. The van der Waals surface area contributed by atoms with Gasteiger partial charge in [-0.25, -0.2) is 0 Å². The van der Waals surface area contributed by atoms with Crippen LogP contribution in [-0.4, -0.2) is 23.2 Å². The molecule has 1 aromatic carbocycles. The summed E-state index contributed by atoms with van der Waals surface area (Å²) in [6, 6.07) is 10.9. The lowest BCUT2D eigenvalue weighted by molar-refractivity contribution is -0.123. The van der Waals surface area contributed by atoms with E-state index in [1.807, 2.05) is 0 Å². The van der Waals surface area contributed by atoms with Crippen LogP contribution >= 0.6 is 0 Å². The third-order valence-electron chi connectivity index (χ3n) is 5.19. The van der Waals surface area contributed by atoms with Gasteiger partial charge in [0.1, 0.15) is 0 Å². The molecule has 3 nitrogen and oxygen atoms in total. The van der Waals surface area contributed by atoms with Crippen LogP contribution in [0.2, 0.25) is 0 Å². The molecule has 2 aliphatic rings. The second-order valence-corrected chi connectivity index (χ2v) is 6.99. The van der Waals surface area contributed by atoms with Gasteiger partial charge in [-0.3, -0.25) is 4.79 Å². The summed E-state index contributed by atoms with van der Waals surface area (Å²) >= 11 is 0. The van der Waals surface area contributed by atoms with Gasteiger partial charge < -0.3 is 10.4 Å². The van der Waals surface area contributed by atoms with E-state index in [4.69, 9.17) is 0 Å². The first-order chi connectivity index (χ1) is 10.7. The van der Waals surface area contributed by atoms with E-state index in [-0.39, 0.29) is 17.9 Å². The minimum absolute atomic E-state index is 0.153. The maximum Gasteiger partial charge on any atom is 0.223 e. The van der Waals surface area contributed by atoms with Crippen LogP contribution in [-0.2, 0) is 11.2 Å². The van der Waals surface area contributed by atoms with E-state index in [0.717, 1.165) is 44.9 Å². The van der Waals surface area contributed by atoms with Crippen molar-refractivity contribution in [3.8, 4) is 0 Å². The number of aryl methyl sites for hydroxylation is 1. The van der Waals surface area contributed by atoms with Gasteiger partial charge in [0.25, 0.3) is 0 Å². The SMILES string of the molecule is O=C(NC1CCC(O)CC1)[C@H]1C[C@@H]1CCCc1ccccc1. The Morgan fingerprint density at radius 3 is 2.59 bits per heavy atom. The second kappa shape index (κ2) is 7.28. The highest BCUT2D eigenvalue weighted by atomic mass is 16.3. The lowest BCUT2D eigenvalue weighted by atomic mass is 9.93. The molecule has 3 heteroatoms. The molecule has 0 heterocycles. The molecule has 2 atom stereocenters. The number of nitrogens with one attached hydrogen (secondary N) is 1. The quantitative estimate of drug-likeness (QED) is 0.848. The number of hydrogen-bond acceptors (Lipinski definition) is 2. The van der Waals surface area contributed by atoms with Crippen LogP contribution in [0.5, 0.6) is 0 Å². The average molecular weight is 301 g/mol. The minimum atomic E-state index is -0.153. The second-order valence-electron chi connectivity index (χ2n) is 6.99. The molecule has 22 heavy (non-hydrogen) atoms. The summed E-state index contributed by atoms with van der Waals surface area (Å²) in [6.07, 6.45) is 7.88. The van der Waals surface area contributed by atoms with Crippen LogP contribution in [0, 0.1) is 11.8 Å². The maximum absolute atomic E-state index is 12.2. The van der Waals surface area contributed by atoms with Gasteiger partial charge in [0.05, 0.1) is 6.10 Å². The molecule has 1 aromatic rings. The van der Waals surface area contributed by atoms with Crippen molar-refractivity contribution in [2.75, 3.05) is 0 Å². The first-order valence-electron chi connectivity index (χ1n) is 8.74. The Labute approximate surface area is 133 Å². The summed E-state index contributed by atoms with van der Waals surface area (Å²) in [7, 11) is 0. The van der Waals surface area contributed by atoms with Crippen LogP contribution < -0.4 is 5.32 Å². The van der Waals surface area contributed by atoms with Gasteiger partial charge in [-0.15, -0.1) is 0 Å². The molecule has 2 saturated carbocycles. The van der Waals surface area contributed by atoms with Crippen LogP contribution in [0.25, 0.3) is 0 Å². The summed E-state index contributed by atoms with van der Waals surface area (Å²) in [6.45, 7) is 0. The predicted octanol–water partition coefficient (Wildman–Crippen LogP) is 3.07. The molecule has 0 unspecified atom stereocenters. The summed E-state index contributed by atoms with van der Waals surface area (Å²) in [5.41, 5.74) is 1.39. The highest BCUT2D eigenvalue weighted by Crippen LogP contribution is 2.42. The molecule has 0 aliphatic heterocycles. The number of aliphatic hydroxyl groups is 1. The van der Waals surface area contributed by atoms with Crippen molar-refractivity contribution < 1.29 is 9.90 Å². The van der Waals surface area contributed by atoms with E-state index in [9.17, 15) is 9.90 Å². The molecule has 0 spiro atoms. The Morgan fingerprint density at radius 2 is 1.86 bits per heavy atom. The van der Waals surface area contributed by atoms with Gasteiger partial charge in [-0.1, -0.05) is 30.3 Å². The van der Waals surface area contributed by atoms with Crippen molar-refractivity contribution in [2.45, 2.75) is 63.5 Å². The van der Waals surface area contributed by atoms with Crippen LogP contribution in [0.1, 0.15) is 50.5 Å². The molecule has 2 N–H and O–H groups in total. The minimum Gasteiger partial charge on any atom is -0.393 e. The van der Waals surface area contributed by atoms with E-state index in [2.05, 4.69) is 35.6 Å². The van der Waals surface area contributed by atoms with Gasteiger partial charge in [0, 0.05) is 12.0 Å². The predicted molar refractivity (Wildman–Crippen MR) is 87.4 cm³/mol. The smallest absolute Gasteiger partial charge is 0.223 e. The molecule has 3 rings (SSSR count). The fourth-order valence-corrected chi connectivity index (χ4v) is 3.63. The third-order valence-corrected chi connectivity index (χ3v) is 5.19. The van der Waals surface area contributed by atoms with Crippen molar-refractivity contribution >= 4 is 5.91 Å². The normalized spacial score (nSPS) is 30.8. The largest absolute Gasteiger partial charge is 0.393 e. The zero-order chi connectivity index (χ0) is 15.4. The van der Waals surface area contributed by atoms with E-state index in [1.54, 1.807) is 0 Å². The highest BCUT2D eigenvalue weighted by Gasteiger charge is 2.42. The van der Waals surface area contributed by atoms with E-state index in [1.165, 1.54) is 12.0 Å². The lowest BCUT2D eigenvalue weighted by Gasteiger charge is -2.26. The number of carbonyl (C=O) groups excluding carboxylic acids is 1. The Balaban J connectivity index is 1.32. The van der Waals surface area contributed by atoms with Crippen molar-refractivity contribution in [3.05, 3.63) is 35.9 Å². The fourth-order valence-electron chi connectivity index (χ4n) is 3.63. The molecule has 1 amide bonds. The first kappa shape index (κ1) is 15.5. The van der Waals surface area contributed by atoms with Gasteiger partial charge in [0.2, 0.25) is 5.91 Å². The van der Waals surface area contributed by atoms with Crippen molar-refractivity contribution in [3.63, 3.8) is 0 Å². The molecule has 0 aromatic heterocycles. The van der Waals surface area contributed by atoms with Crippen molar-refractivity contribution in [1.82, 2.24) is 5.32 Å². The molecule has 120 valence electrons. The third kappa shape index (κ3) is 4.33. The van der Waals surface area contributed by atoms with Gasteiger partial charge in [-0.2, -0.15) is 0 Å². The molecular formula is C19H27NO2. The van der Waals surface area contributed by atoms with Crippen LogP contribution in [0.3, 0.4) is 0 Å². The Kier molecular flexibility index (Phi) is 5.14. The summed E-state index contributed by atoms with van der Waals surface area (Å²) in [5.74, 6) is 1.10. The molecule has 0 radical (unpaired) electrons. The maximum atomic E-state index is 12.2. The van der Waals surface area contributed by atoms with Crippen LogP contribution in [0.4, 0.5) is 0 Å². The summed E-state index contributed by atoms with van der Waals surface area (Å²) in [5, 5.41) is 12.7. The molecule has 0 saturated heterocycles. The number of carbonyl (C=O) groups is 1. The van der Waals surface area contributed by atoms with Crippen LogP contribution in [0.15, 0.2) is 30.3 Å². The monoisotopic (exact) mass is 301 g/mol. The van der Waals surface area contributed by atoms with E-state index >= 15 is 0 Å². The Bertz CT molecular complexity index is 479. The zero-order valence-corrected chi connectivity index (χ0v) is 13.2. The van der Waals surface area contributed by atoms with Crippen molar-refractivity contribution in [1.29, 1.82) is 0 Å². The van der Waals surface area contributed by atoms with Gasteiger partial charge in [0.15, 0.2) is 0 Å². The highest BCUT2D eigenvalue weighted by molar-refractivity contribution is 5.81. The Hall–Kier alpha value is -1.35. The molecule has 0 bridgehead atoms. The lowest BCUT2D eigenvalue weighted by Crippen LogP contribution is -2.39. The molecule has 2 fully saturated rings. The number of hydrogen-bond donors (Lipinski definition) is 2. The van der Waals surface area contributed by atoms with E-state index in [0.29, 0.717) is 12.0 Å². The Morgan fingerprint density at radius 1 is 1.14 bits per heavy atom.